The van der Waals surface area contributed by atoms with E-state index in [1.807, 2.05) is 0 Å². The molecule has 0 heterocycles. The van der Waals surface area contributed by atoms with Gasteiger partial charge in [0.15, 0.2) is 12.2 Å². The molecule has 19 heteroatoms. The minimum Gasteiger partial charge on any atom is -0.462 e. The van der Waals surface area contributed by atoms with Crippen molar-refractivity contribution in [2.24, 2.45) is 23.7 Å². The van der Waals surface area contributed by atoms with Crippen LogP contribution in [0.3, 0.4) is 0 Å². The van der Waals surface area contributed by atoms with Gasteiger partial charge in [-0.1, -0.05) is 338 Å². The number of hydrogen-bond acceptors (Lipinski definition) is 15. The van der Waals surface area contributed by atoms with Crippen molar-refractivity contribution < 1.29 is 80.2 Å². The van der Waals surface area contributed by atoms with E-state index in [4.69, 9.17) is 37.0 Å². The second-order valence-electron chi connectivity index (χ2n) is 29.2. The van der Waals surface area contributed by atoms with Gasteiger partial charge in [0.1, 0.15) is 19.3 Å². The van der Waals surface area contributed by atoms with Crippen molar-refractivity contribution in [2.75, 3.05) is 39.6 Å². The lowest BCUT2D eigenvalue weighted by atomic mass is 9.99. The van der Waals surface area contributed by atoms with Crippen LogP contribution in [-0.4, -0.2) is 96.7 Å². The predicted molar refractivity (Wildman–Crippen MR) is 391 cm³/mol. The highest BCUT2D eigenvalue weighted by molar-refractivity contribution is 7.47. The zero-order valence-corrected chi connectivity index (χ0v) is 64.8. The molecule has 0 aliphatic rings. The highest BCUT2D eigenvalue weighted by atomic mass is 31.2. The van der Waals surface area contributed by atoms with E-state index in [0.29, 0.717) is 25.7 Å². The second kappa shape index (κ2) is 66.3. The lowest BCUT2D eigenvalue weighted by Gasteiger charge is -2.21. The molecule has 0 aromatic rings. The van der Waals surface area contributed by atoms with Crippen molar-refractivity contribution in [2.45, 2.75) is 408 Å². The first-order valence-electron chi connectivity index (χ1n) is 39.8. The quantitative estimate of drug-likeness (QED) is 0.0222. The minimum absolute atomic E-state index is 0.105. The summed E-state index contributed by atoms with van der Waals surface area (Å²) >= 11 is 0. The molecule has 0 radical (unpaired) electrons. The van der Waals surface area contributed by atoms with E-state index in [1.54, 1.807) is 0 Å². The van der Waals surface area contributed by atoms with Gasteiger partial charge in [-0.15, -0.1) is 0 Å². The first kappa shape index (κ1) is 94.1. The molecule has 7 atom stereocenters. The first-order valence-corrected chi connectivity index (χ1v) is 42.8. The van der Waals surface area contributed by atoms with Crippen LogP contribution in [0.1, 0.15) is 389 Å². The topological polar surface area (TPSA) is 237 Å². The molecular weight excluding hydrogens is 1260 g/mol. The Morgan fingerprint density at radius 2 is 0.500 bits per heavy atom. The van der Waals surface area contributed by atoms with E-state index >= 15 is 0 Å². The lowest BCUT2D eigenvalue weighted by Crippen LogP contribution is -2.30. The number of ether oxygens (including phenoxy) is 4. The van der Waals surface area contributed by atoms with Gasteiger partial charge in [0, 0.05) is 25.7 Å². The number of aliphatic hydroxyl groups is 1. The molecule has 0 spiro atoms. The molecule has 0 bridgehead atoms. The number of carbonyl (C=O) groups excluding carboxylic acids is 4. The minimum atomic E-state index is -4.96. The van der Waals surface area contributed by atoms with Crippen molar-refractivity contribution in [3.8, 4) is 0 Å². The van der Waals surface area contributed by atoms with Crippen LogP contribution in [0.15, 0.2) is 0 Å². The molecule has 0 aliphatic heterocycles. The van der Waals surface area contributed by atoms with Crippen LogP contribution < -0.4 is 0 Å². The zero-order chi connectivity index (χ0) is 71.0. The summed E-state index contributed by atoms with van der Waals surface area (Å²) in [6, 6.07) is 0. The summed E-state index contributed by atoms with van der Waals surface area (Å²) in [4.78, 5) is 72.9. The smallest absolute Gasteiger partial charge is 0.462 e. The SMILES string of the molecule is CCC(C)CCCCCCCCCCCCCCCCC(=O)O[C@H](COC(=O)CCCCCCCCCCCCCCC(C)C)COP(=O)(O)OC[C@@H](O)COP(=O)(O)OC[C@@H](COC(=O)CCCCCCCCC(C)CC)OC(=O)CCCCCCCCCCCCC(C)C. The van der Waals surface area contributed by atoms with E-state index in [2.05, 4.69) is 55.4 Å². The summed E-state index contributed by atoms with van der Waals surface area (Å²) in [5, 5.41) is 10.6. The van der Waals surface area contributed by atoms with Gasteiger partial charge in [0.2, 0.25) is 0 Å². The van der Waals surface area contributed by atoms with E-state index in [1.165, 1.54) is 186 Å². The molecular formula is C77H150O17P2. The normalized spacial score (nSPS) is 14.7. The van der Waals surface area contributed by atoms with Crippen LogP contribution in [0.5, 0.6) is 0 Å². The van der Waals surface area contributed by atoms with Gasteiger partial charge in [-0.05, 0) is 49.4 Å². The number of phosphoric ester groups is 2. The molecule has 0 aromatic heterocycles. The first-order chi connectivity index (χ1) is 46.2. The Kier molecular flexibility index (Phi) is 65.0. The summed E-state index contributed by atoms with van der Waals surface area (Å²) in [7, 11) is -9.92. The number of rotatable bonds is 74. The third-order valence-electron chi connectivity index (χ3n) is 18.5. The molecule has 4 unspecified atom stereocenters. The Hall–Kier alpha value is -1.94. The molecule has 0 saturated heterocycles. The Bertz CT molecular complexity index is 1890. The molecule has 17 nitrogen and oxygen atoms in total. The number of esters is 4. The Morgan fingerprint density at radius 3 is 0.740 bits per heavy atom. The van der Waals surface area contributed by atoms with Crippen LogP contribution in [0.2, 0.25) is 0 Å². The fourth-order valence-electron chi connectivity index (χ4n) is 11.7. The van der Waals surface area contributed by atoms with Crippen molar-refractivity contribution in [3.05, 3.63) is 0 Å². The van der Waals surface area contributed by atoms with Crippen molar-refractivity contribution in [1.29, 1.82) is 0 Å². The maximum absolute atomic E-state index is 13.1. The molecule has 0 fully saturated rings. The van der Waals surface area contributed by atoms with Crippen molar-refractivity contribution >= 4 is 39.5 Å². The third kappa shape index (κ3) is 67.9. The van der Waals surface area contributed by atoms with Crippen LogP contribution in [0.4, 0.5) is 0 Å². The summed E-state index contributed by atoms with van der Waals surface area (Å²) in [5.41, 5.74) is 0. The van der Waals surface area contributed by atoms with Gasteiger partial charge in [-0.2, -0.15) is 0 Å². The number of phosphoric acid groups is 2. The molecule has 0 saturated carbocycles. The van der Waals surface area contributed by atoms with Gasteiger partial charge in [0.25, 0.3) is 0 Å². The largest absolute Gasteiger partial charge is 0.472 e. The van der Waals surface area contributed by atoms with Crippen molar-refractivity contribution in [3.63, 3.8) is 0 Å². The summed E-state index contributed by atoms with van der Waals surface area (Å²) in [5.74, 6) is 0.990. The summed E-state index contributed by atoms with van der Waals surface area (Å²) < 4.78 is 68.6. The maximum Gasteiger partial charge on any atom is 0.472 e. The lowest BCUT2D eigenvalue weighted by molar-refractivity contribution is -0.161. The van der Waals surface area contributed by atoms with Gasteiger partial charge >= 0.3 is 39.5 Å². The van der Waals surface area contributed by atoms with E-state index in [-0.39, 0.29) is 25.7 Å². The van der Waals surface area contributed by atoms with Crippen LogP contribution in [-0.2, 0) is 65.4 Å². The zero-order valence-electron chi connectivity index (χ0n) is 63.0. The molecule has 0 aliphatic carbocycles. The molecule has 0 rings (SSSR count). The molecule has 0 amide bonds. The maximum atomic E-state index is 13.1. The fraction of sp³-hybridized carbons (Fsp3) is 0.948. The summed E-state index contributed by atoms with van der Waals surface area (Å²) in [6.07, 6.45) is 51.3. The van der Waals surface area contributed by atoms with Crippen LogP contribution in [0, 0.1) is 23.7 Å². The number of aliphatic hydroxyl groups excluding tert-OH is 1. The van der Waals surface area contributed by atoms with Gasteiger partial charge in [0.05, 0.1) is 26.4 Å². The van der Waals surface area contributed by atoms with Crippen LogP contribution >= 0.6 is 15.6 Å². The average Bonchev–Trinajstić information content (AvgIpc) is 1.44. The predicted octanol–water partition coefficient (Wildman–Crippen LogP) is 22.4. The van der Waals surface area contributed by atoms with Crippen LogP contribution in [0.25, 0.3) is 0 Å². The summed E-state index contributed by atoms with van der Waals surface area (Å²) in [6.45, 7) is 14.2. The molecule has 3 N–H and O–H groups in total. The highest BCUT2D eigenvalue weighted by Crippen LogP contribution is 2.45. The van der Waals surface area contributed by atoms with E-state index < -0.39 is 97.5 Å². The van der Waals surface area contributed by atoms with Gasteiger partial charge in [-0.3, -0.25) is 37.3 Å². The standard InChI is InChI=1S/C77H150O17P2/c1-9-69(7)55-47-39-31-25-18-13-11-12-14-20-27-33-43-51-59-76(81)93-72(63-87-74(79)57-49-41-32-26-19-16-15-17-23-29-37-45-53-67(3)4)65-91-95(83,84)89-61-71(78)62-90-96(85,86)92-66-73(64-88-75(80)58-50-42-36-35-40-48-56-70(8)10-2)94-77(82)60-52-44-34-28-22-21-24-30-38-46-54-68(5)6/h67-73,78H,9-66H2,1-8H3,(H,83,84)(H,85,86)/t69?,70?,71-,72-,73-/m1/s1. The second-order valence-corrected chi connectivity index (χ2v) is 32.1. The third-order valence-corrected chi connectivity index (χ3v) is 20.4. The number of hydrogen-bond donors (Lipinski definition) is 3. The van der Waals surface area contributed by atoms with E-state index in [9.17, 15) is 43.2 Å². The monoisotopic (exact) mass is 1410 g/mol. The fourth-order valence-corrected chi connectivity index (χ4v) is 13.2. The molecule has 0 aromatic carbocycles. The number of unbranched alkanes of at least 4 members (excludes halogenated alkanes) is 38. The Labute approximate surface area is 588 Å². The molecule has 96 heavy (non-hydrogen) atoms. The van der Waals surface area contributed by atoms with Gasteiger partial charge < -0.3 is 33.8 Å². The Morgan fingerprint density at radius 1 is 0.292 bits per heavy atom. The van der Waals surface area contributed by atoms with Crippen molar-refractivity contribution in [1.82, 2.24) is 0 Å². The highest BCUT2D eigenvalue weighted by Gasteiger charge is 2.30. The average molecular weight is 1410 g/mol. The molecule has 570 valence electrons. The Balaban J connectivity index is 5.26. The van der Waals surface area contributed by atoms with Gasteiger partial charge in [-0.25, -0.2) is 9.13 Å². The van der Waals surface area contributed by atoms with E-state index in [0.717, 1.165) is 120 Å². The number of carbonyl (C=O) groups is 4.